The number of carbonyl (C=O) groups is 1. The molecule has 0 aromatic heterocycles. The summed E-state index contributed by atoms with van der Waals surface area (Å²) in [7, 11) is 0. The largest absolute Gasteiger partial charge is 0.390 e. The van der Waals surface area contributed by atoms with Gasteiger partial charge in [-0.2, -0.15) is 13.2 Å². The molecule has 94 valence electrons. The van der Waals surface area contributed by atoms with Gasteiger partial charge in [0.15, 0.2) is 0 Å². The van der Waals surface area contributed by atoms with Crippen LogP contribution in [-0.2, 0) is 4.79 Å². The highest BCUT2D eigenvalue weighted by Crippen LogP contribution is 2.17. The molecule has 0 spiro atoms. The van der Waals surface area contributed by atoms with Gasteiger partial charge in [-0.1, -0.05) is 0 Å². The minimum Gasteiger partial charge on any atom is -0.355 e. The van der Waals surface area contributed by atoms with Crippen molar-refractivity contribution in [2.45, 2.75) is 12.6 Å². The van der Waals surface area contributed by atoms with E-state index < -0.39 is 12.6 Å². The number of amides is 1. The fourth-order valence-corrected chi connectivity index (χ4v) is 1.47. The predicted molar refractivity (Wildman–Crippen MR) is 53.0 cm³/mol. The third-order valence-electron chi connectivity index (χ3n) is 2.31. The molecule has 16 heavy (non-hydrogen) atoms. The molecule has 0 radical (unpaired) electrons. The highest BCUT2D eigenvalue weighted by atomic mass is 19.4. The van der Waals surface area contributed by atoms with E-state index in [0.29, 0.717) is 0 Å². The number of hydrogen-bond donors (Lipinski definition) is 2. The van der Waals surface area contributed by atoms with Gasteiger partial charge in [0.1, 0.15) is 0 Å². The Labute approximate surface area is 92.2 Å². The number of nitrogens with zero attached hydrogens (tertiary/aromatic N) is 1. The molecule has 2 N–H and O–H groups in total. The quantitative estimate of drug-likeness (QED) is 0.723. The summed E-state index contributed by atoms with van der Waals surface area (Å²) in [6.45, 7) is 2.99. The molecule has 1 fully saturated rings. The summed E-state index contributed by atoms with van der Waals surface area (Å²) in [4.78, 5) is 13.2. The molecule has 4 nitrogen and oxygen atoms in total. The molecule has 7 heteroatoms. The van der Waals surface area contributed by atoms with Crippen LogP contribution in [0, 0.1) is 0 Å². The van der Waals surface area contributed by atoms with E-state index in [1.807, 2.05) is 4.90 Å². The van der Waals surface area contributed by atoms with Gasteiger partial charge in [-0.05, 0) is 0 Å². The number of nitrogens with one attached hydrogen (secondary N) is 2. The summed E-state index contributed by atoms with van der Waals surface area (Å²) in [5.74, 6) is -0.342. The number of piperazine rings is 1. The van der Waals surface area contributed by atoms with Gasteiger partial charge < -0.3 is 10.6 Å². The molecule has 1 saturated heterocycles. The van der Waals surface area contributed by atoms with Crippen molar-refractivity contribution >= 4 is 5.91 Å². The van der Waals surface area contributed by atoms with Crippen molar-refractivity contribution in [2.75, 3.05) is 39.3 Å². The lowest BCUT2D eigenvalue weighted by atomic mass is 10.3. The summed E-state index contributed by atoms with van der Waals surface area (Å²) in [5, 5.41) is 5.39. The van der Waals surface area contributed by atoms with Gasteiger partial charge in [-0.25, -0.2) is 0 Å². The first-order valence-electron chi connectivity index (χ1n) is 5.24. The van der Waals surface area contributed by atoms with Gasteiger partial charge in [-0.15, -0.1) is 0 Å². The van der Waals surface area contributed by atoms with Gasteiger partial charge in [0, 0.05) is 32.7 Å². The van der Waals surface area contributed by atoms with Crippen LogP contribution in [0.15, 0.2) is 0 Å². The number of rotatable bonds is 4. The molecule has 0 aliphatic carbocycles. The summed E-state index contributed by atoms with van der Waals surface area (Å²) in [5.41, 5.74) is 0. The van der Waals surface area contributed by atoms with Crippen LogP contribution in [0.5, 0.6) is 0 Å². The molecular formula is C9H16F3N3O. The molecule has 1 amide bonds. The molecule has 1 rings (SSSR count). The SMILES string of the molecule is O=C(CN1CCNCC1)NCCC(F)(F)F. The van der Waals surface area contributed by atoms with Gasteiger partial charge in [0.2, 0.25) is 5.91 Å². The predicted octanol–water partition coefficient (Wildman–Crippen LogP) is -0.0398. The van der Waals surface area contributed by atoms with Crippen LogP contribution >= 0.6 is 0 Å². The topological polar surface area (TPSA) is 44.4 Å². The Balaban J connectivity index is 2.10. The van der Waals surface area contributed by atoms with Crippen molar-refractivity contribution in [2.24, 2.45) is 0 Å². The van der Waals surface area contributed by atoms with E-state index in [-0.39, 0.29) is 19.0 Å². The molecule has 0 atom stereocenters. The van der Waals surface area contributed by atoms with E-state index in [1.54, 1.807) is 0 Å². The zero-order valence-corrected chi connectivity index (χ0v) is 8.94. The van der Waals surface area contributed by atoms with Crippen LogP contribution in [0.3, 0.4) is 0 Å². The number of carbonyl (C=O) groups excluding carboxylic acids is 1. The first kappa shape index (κ1) is 13.2. The molecule has 0 bridgehead atoms. The summed E-state index contributed by atoms with van der Waals surface area (Å²) in [6, 6.07) is 0. The zero-order valence-electron chi connectivity index (χ0n) is 8.94. The second kappa shape index (κ2) is 6.05. The molecule has 0 aromatic carbocycles. The first-order chi connectivity index (χ1) is 7.47. The molecule has 0 unspecified atom stereocenters. The lowest BCUT2D eigenvalue weighted by Gasteiger charge is -2.26. The van der Waals surface area contributed by atoms with E-state index in [1.165, 1.54) is 0 Å². The smallest absolute Gasteiger partial charge is 0.355 e. The number of hydrogen-bond acceptors (Lipinski definition) is 3. The maximum Gasteiger partial charge on any atom is 0.390 e. The minimum atomic E-state index is -4.21. The lowest BCUT2D eigenvalue weighted by molar-refractivity contribution is -0.135. The Hall–Kier alpha value is -0.820. The molecule has 1 aliphatic rings. The van der Waals surface area contributed by atoms with Crippen molar-refractivity contribution < 1.29 is 18.0 Å². The Morgan fingerprint density at radius 2 is 1.94 bits per heavy atom. The fraction of sp³-hybridized carbons (Fsp3) is 0.889. The van der Waals surface area contributed by atoms with Crippen molar-refractivity contribution in [3.8, 4) is 0 Å². The Kier molecular flexibility index (Phi) is 5.01. The van der Waals surface area contributed by atoms with Crippen molar-refractivity contribution in [3.05, 3.63) is 0 Å². The van der Waals surface area contributed by atoms with Crippen LogP contribution in [-0.4, -0.2) is 56.3 Å². The lowest BCUT2D eigenvalue weighted by Crippen LogP contribution is -2.47. The molecule has 1 heterocycles. The monoisotopic (exact) mass is 239 g/mol. The van der Waals surface area contributed by atoms with E-state index in [9.17, 15) is 18.0 Å². The number of alkyl halides is 3. The van der Waals surface area contributed by atoms with E-state index >= 15 is 0 Å². The van der Waals surface area contributed by atoms with Crippen LogP contribution < -0.4 is 10.6 Å². The van der Waals surface area contributed by atoms with E-state index in [4.69, 9.17) is 0 Å². The molecular weight excluding hydrogens is 223 g/mol. The first-order valence-corrected chi connectivity index (χ1v) is 5.24. The number of halogens is 3. The van der Waals surface area contributed by atoms with E-state index in [2.05, 4.69) is 10.6 Å². The molecule has 0 aromatic rings. The highest BCUT2D eigenvalue weighted by Gasteiger charge is 2.26. The third-order valence-corrected chi connectivity index (χ3v) is 2.31. The van der Waals surface area contributed by atoms with Crippen LogP contribution in [0.4, 0.5) is 13.2 Å². The van der Waals surface area contributed by atoms with Crippen molar-refractivity contribution in [1.29, 1.82) is 0 Å². The Morgan fingerprint density at radius 3 is 2.50 bits per heavy atom. The fourth-order valence-electron chi connectivity index (χ4n) is 1.47. The minimum absolute atomic E-state index is 0.180. The second-order valence-corrected chi connectivity index (χ2v) is 3.74. The average molecular weight is 239 g/mol. The maximum absolute atomic E-state index is 11.8. The van der Waals surface area contributed by atoms with Gasteiger partial charge in [-0.3, -0.25) is 9.69 Å². The third kappa shape index (κ3) is 5.92. The highest BCUT2D eigenvalue weighted by molar-refractivity contribution is 5.77. The normalized spacial score (nSPS) is 18.4. The Bertz CT molecular complexity index is 227. The summed E-state index contributed by atoms with van der Waals surface area (Å²) in [6.07, 6.45) is -5.18. The van der Waals surface area contributed by atoms with Crippen LogP contribution in [0.25, 0.3) is 0 Å². The summed E-state index contributed by atoms with van der Waals surface area (Å²) >= 11 is 0. The van der Waals surface area contributed by atoms with Crippen molar-refractivity contribution in [1.82, 2.24) is 15.5 Å². The Morgan fingerprint density at radius 1 is 1.31 bits per heavy atom. The van der Waals surface area contributed by atoms with Gasteiger partial charge in [0.25, 0.3) is 0 Å². The van der Waals surface area contributed by atoms with Gasteiger partial charge in [0.05, 0.1) is 13.0 Å². The molecule has 0 saturated carbocycles. The molecule has 1 aliphatic heterocycles. The van der Waals surface area contributed by atoms with Crippen LogP contribution in [0.1, 0.15) is 6.42 Å². The zero-order chi connectivity index (χ0) is 12.0. The summed E-state index contributed by atoms with van der Waals surface area (Å²) < 4.78 is 35.4. The second-order valence-electron chi connectivity index (χ2n) is 3.74. The maximum atomic E-state index is 11.8. The van der Waals surface area contributed by atoms with Crippen molar-refractivity contribution in [3.63, 3.8) is 0 Å². The van der Waals surface area contributed by atoms with Gasteiger partial charge >= 0.3 is 6.18 Å². The van der Waals surface area contributed by atoms with E-state index in [0.717, 1.165) is 26.2 Å². The average Bonchev–Trinajstić information content (AvgIpc) is 2.17. The van der Waals surface area contributed by atoms with Crippen LogP contribution in [0.2, 0.25) is 0 Å². The standard InChI is InChI=1S/C9H16F3N3O/c10-9(11,12)1-2-14-8(16)7-15-5-3-13-4-6-15/h13H,1-7H2,(H,14,16).